The highest BCUT2D eigenvalue weighted by Gasteiger charge is 2.10. The second-order valence-electron chi connectivity index (χ2n) is 3.84. The fraction of sp³-hybridized carbons (Fsp3) is 0.231. The third-order valence-corrected chi connectivity index (χ3v) is 2.35. The number of hydrogen-bond donors (Lipinski definition) is 1. The monoisotopic (exact) mass is 229 g/mol. The highest BCUT2D eigenvalue weighted by molar-refractivity contribution is 5.31. The molecule has 88 valence electrons. The molecule has 1 aromatic heterocycles. The first-order valence-electron chi connectivity index (χ1n) is 5.48. The molecule has 4 nitrogen and oxygen atoms in total. The Hall–Kier alpha value is -2.10. The Labute approximate surface area is 100 Å². The van der Waals surface area contributed by atoms with Gasteiger partial charge in [-0.2, -0.15) is 0 Å². The van der Waals surface area contributed by atoms with Gasteiger partial charge < -0.3 is 10.5 Å². The van der Waals surface area contributed by atoms with Gasteiger partial charge in [0, 0.05) is 6.07 Å². The minimum atomic E-state index is -0.151. The SMILES string of the molecule is Cc1nc(N)cc([C@H](C)Oc2ccccc2)n1. The lowest BCUT2D eigenvalue weighted by atomic mass is 10.2. The third kappa shape index (κ3) is 2.93. The van der Waals surface area contributed by atoms with Crippen LogP contribution >= 0.6 is 0 Å². The number of aryl methyl sites for hydroxylation is 1. The van der Waals surface area contributed by atoms with Gasteiger partial charge in [-0.05, 0) is 26.0 Å². The predicted molar refractivity (Wildman–Crippen MR) is 66.7 cm³/mol. The molecule has 17 heavy (non-hydrogen) atoms. The Kier molecular flexibility index (Phi) is 3.23. The lowest BCUT2D eigenvalue weighted by molar-refractivity contribution is 0.221. The average Bonchev–Trinajstić information content (AvgIpc) is 2.29. The molecule has 0 saturated heterocycles. The van der Waals surface area contributed by atoms with Crippen LogP contribution in [0.25, 0.3) is 0 Å². The van der Waals surface area contributed by atoms with Crippen molar-refractivity contribution in [2.24, 2.45) is 0 Å². The van der Waals surface area contributed by atoms with Gasteiger partial charge in [0.1, 0.15) is 23.5 Å². The number of hydrogen-bond acceptors (Lipinski definition) is 4. The fourth-order valence-corrected chi connectivity index (χ4v) is 1.59. The van der Waals surface area contributed by atoms with E-state index in [4.69, 9.17) is 10.5 Å². The van der Waals surface area contributed by atoms with Crippen molar-refractivity contribution in [2.45, 2.75) is 20.0 Å². The maximum Gasteiger partial charge on any atom is 0.138 e. The minimum Gasteiger partial charge on any atom is -0.484 e. The summed E-state index contributed by atoms with van der Waals surface area (Å²) in [4.78, 5) is 8.35. The molecule has 1 heterocycles. The van der Waals surface area contributed by atoms with Gasteiger partial charge in [0.15, 0.2) is 0 Å². The lowest BCUT2D eigenvalue weighted by Crippen LogP contribution is -2.08. The van der Waals surface area contributed by atoms with Crippen molar-refractivity contribution in [1.29, 1.82) is 0 Å². The van der Waals surface area contributed by atoms with Crippen molar-refractivity contribution in [3.05, 3.63) is 47.9 Å². The number of nitrogens with zero attached hydrogens (tertiary/aromatic N) is 2. The maximum atomic E-state index is 5.76. The summed E-state index contributed by atoms with van der Waals surface area (Å²) < 4.78 is 5.76. The van der Waals surface area contributed by atoms with E-state index >= 15 is 0 Å². The normalized spacial score (nSPS) is 12.1. The van der Waals surface area contributed by atoms with Crippen LogP contribution in [0.15, 0.2) is 36.4 Å². The molecule has 0 aliphatic heterocycles. The van der Waals surface area contributed by atoms with Crippen molar-refractivity contribution < 1.29 is 4.74 Å². The quantitative estimate of drug-likeness (QED) is 0.878. The molecule has 0 radical (unpaired) electrons. The Morgan fingerprint density at radius 2 is 1.88 bits per heavy atom. The van der Waals surface area contributed by atoms with Crippen LogP contribution in [-0.2, 0) is 0 Å². The summed E-state index contributed by atoms with van der Waals surface area (Å²) in [6.07, 6.45) is -0.151. The fourth-order valence-electron chi connectivity index (χ4n) is 1.59. The lowest BCUT2D eigenvalue weighted by Gasteiger charge is -2.14. The number of rotatable bonds is 3. The smallest absolute Gasteiger partial charge is 0.138 e. The molecule has 0 unspecified atom stereocenters. The minimum absolute atomic E-state index is 0.151. The Balaban J connectivity index is 2.17. The number of benzene rings is 1. The zero-order valence-corrected chi connectivity index (χ0v) is 9.92. The van der Waals surface area contributed by atoms with Crippen LogP contribution in [0.2, 0.25) is 0 Å². The third-order valence-electron chi connectivity index (χ3n) is 2.35. The molecule has 0 spiro atoms. The molecule has 1 aromatic carbocycles. The molecule has 0 amide bonds. The summed E-state index contributed by atoms with van der Waals surface area (Å²) in [5.41, 5.74) is 6.47. The highest BCUT2D eigenvalue weighted by Crippen LogP contribution is 2.20. The van der Waals surface area contributed by atoms with Gasteiger partial charge in [-0.1, -0.05) is 18.2 Å². The molecular weight excluding hydrogens is 214 g/mol. The van der Waals surface area contributed by atoms with E-state index in [1.807, 2.05) is 44.2 Å². The van der Waals surface area contributed by atoms with Gasteiger partial charge in [0.25, 0.3) is 0 Å². The van der Waals surface area contributed by atoms with Gasteiger partial charge in [-0.15, -0.1) is 0 Å². The molecule has 4 heteroatoms. The molecule has 0 saturated carbocycles. The molecule has 0 fully saturated rings. The number of aromatic nitrogens is 2. The first-order chi connectivity index (χ1) is 8.15. The van der Waals surface area contributed by atoms with Gasteiger partial charge in [-0.3, -0.25) is 0 Å². The van der Waals surface area contributed by atoms with Crippen LogP contribution in [0, 0.1) is 6.92 Å². The van der Waals surface area contributed by atoms with E-state index in [1.54, 1.807) is 6.07 Å². The van der Waals surface area contributed by atoms with Crippen molar-refractivity contribution in [2.75, 3.05) is 5.73 Å². The van der Waals surface area contributed by atoms with Crippen LogP contribution in [-0.4, -0.2) is 9.97 Å². The van der Waals surface area contributed by atoms with E-state index in [0.29, 0.717) is 11.6 Å². The molecular formula is C13H15N3O. The number of para-hydroxylation sites is 1. The van der Waals surface area contributed by atoms with E-state index in [1.165, 1.54) is 0 Å². The molecule has 2 rings (SSSR count). The summed E-state index contributed by atoms with van der Waals surface area (Å²) >= 11 is 0. The van der Waals surface area contributed by atoms with Crippen molar-refractivity contribution in [1.82, 2.24) is 9.97 Å². The first kappa shape index (κ1) is 11.4. The summed E-state index contributed by atoms with van der Waals surface area (Å²) in [7, 11) is 0. The standard InChI is InChI=1S/C13H15N3O/c1-9(17-11-6-4-3-5-7-11)12-8-13(14)16-10(2)15-12/h3-9H,1-2H3,(H2,14,15,16)/t9-/m0/s1. The van der Waals surface area contributed by atoms with Crippen LogP contribution in [0.4, 0.5) is 5.82 Å². The number of ether oxygens (including phenoxy) is 1. The second-order valence-corrected chi connectivity index (χ2v) is 3.84. The summed E-state index contributed by atoms with van der Waals surface area (Å²) in [6.45, 7) is 3.75. The first-order valence-corrected chi connectivity index (χ1v) is 5.48. The average molecular weight is 229 g/mol. The Morgan fingerprint density at radius 1 is 1.18 bits per heavy atom. The summed E-state index contributed by atoms with van der Waals surface area (Å²) in [6, 6.07) is 11.4. The van der Waals surface area contributed by atoms with E-state index < -0.39 is 0 Å². The van der Waals surface area contributed by atoms with Crippen LogP contribution in [0.1, 0.15) is 24.5 Å². The van der Waals surface area contributed by atoms with Crippen LogP contribution < -0.4 is 10.5 Å². The Morgan fingerprint density at radius 3 is 2.53 bits per heavy atom. The number of anilines is 1. The summed E-state index contributed by atoms with van der Waals surface area (Å²) in [5.74, 6) is 1.94. The van der Waals surface area contributed by atoms with Crippen molar-refractivity contribution in [3.63, 3.8) is 0 Å². The van der Waals surface area contributed by atoms with Crippen LogP contribution in [0.5, 0.6) is 5.75 Å². The Bertz CT molecular complexity index is 479. The van der Waals surface area contributed by atoms with E-state index in [2.05, 4.69) is 9.97 Å². The number of nitrogens with two attached hydrogens (primary N) is 1. The number of nitrogen functional groups attached to an aromatic ring is 1. The zero-order chi connectivity index (χ0) is 12.3. The van der Waals surface area contributed by atoms with E-state index in [-0.39, 0.29) is 6.10 Å². The van der Waals surface area contributed by atoms with Gasteiger partial charge in [0.2, 0.25) is 0 Å². The van der Waals surface area contributed by atoms with Crippen molar-refractivity contribution >= 4 is 5.82 Å². The van der Waals surface area contributed by atoms with E-state index in [0.717, 1.165) is 11.4 Å². The molecule has 1 atom stereocenters. The van der Waals surface area contributed by atoms with Gasteiger partial charge in [-0.25, -0.2) is 9.97 Å². The molecule has 2 N–H and O–H groups in total. The highest BCUT2D eigenvalue weighted by atomic mass is 16.5. The predicted octanol–water partition coefficient (Wildman–Crippen LogP) is 2.51. The second kappa shape index (κ2) is 4.82. The van der Waals surface area contributed by atoms with Gasteiger partial charge >= 0.3 is 0 Å². The topological polar surface area (TPSA) is 61.0 Å². The maximum absolute atomic E-state index is 5.76. The van der Waals surface area contributed by atoms with Gasteiger partial charge in [0.05, 0.1) is 5.69 Å². The molecule has 0 aliphatic carbocycles. The largest absolute Gasteiger partial charge is 0.484 e. The zero-order valence-electron chi connectivity index (χ0n) is 9.92. The molecule has 2 aromatic rings. The van der Waals surface area contributed by atoms with Crippen LogP contribution in [0.3, 0.4) is 0 Å². The molecule has 0 aliphatic rings. The molecule has 0 bridgehead atoms. The van der Waals surface area contributed by atoms with E-state index in [9.17, 15) is 0 Å². The van der Waals surface area contributed by atoms with Crippen molar-refractivity contribution in [3.8, 4) is 5.75 Å². The summed E-state index contributed by atoms with van der Waals surface area (Å²) in [5, 5.41) is 0.